The Labute approximate surface area is 169 Å². The Balaban J connectivity index is 1.97. The first-order valence-electron chi connectivity index (χ1n) is 8.76. The molecule has 154 valence electrons. The van der Waals surface area contributed by atoms with Crippen LogP contribution in [0.5, 0.6) is 5.75 Å². The van der Waals surface area contributed by atoms with E-state index in [1.165, 1.54) is 42.5 Å². The van der Waals surface area contributed by atoms with Crippen molar-refractivity contribution >= 4 is 27.6 Å². The molecule has 0 unspecified atom stereocenters. The molecular formula is C20H22N2O6S. The van der Waals surface area contributed by atoms with Gasteiger partial charge in [0.1, 0.15) is 5.75 Å². The van der Waals surface area contributed by atoms with Crippen LogP contribution in [-0.2, 0) is 19.6 Å². The monoisotopic (exact) mass is 418 g/mol. The lowest BCUT2D eigenvalue weighted by atomic mass is 10.2. The number of hydrogen-bond donors (Lipinski definition) is 2. The Morgan fingerprint density at radius 2 is 1.72 bits per heavy atom. The number of carbonyl (C=O) groups is 2. The number of carbonyl (C=O) groups excluding carboxylic acids is 2. The fourth-order valence-electron chi connectivity index (χ4n) is 2.22. The van der Waals surface area contributed by atoms with Crippen LogP contribution in [0.1, 0.15) is 17.3 Å². The molecule has 8 nitrogen and oxygen atoms in total. The first-order valence-corrected chi connectivity index (χ1v) is 10.2. The molecule has 0 saturated carbocycles. The van der Waals surface area contributed by atoms with E-state index in [2.05, 4.69) is 16.6 Å². The van der Waals surface area contributed by atoms with Gasteiger partial charge >= 0.3 is 5.97 Å². The summed E-state index contributed by atoms with van der Waals surface area (Å²) in [5, 5.41) is 2.48. The van der Waals surface area contributed by atoms with Crippen molar-refractivity contribution in [1.82, 2.24) is 5.32 Å². The standard InChI is InChI=1S/C20H22N2O6S/c1-3-13-21-19(23)14-28-20(24)15-5-7-16(8-6-15)22-29(25,26)18-11-9-17(10-12-18)27-4-2/h3,5-12,22H,1,4,13-14H2,2H3,(H,21,23). The van der Waals surface area contributed by atoms with Gasteiger partial charge in [0.2, 0.25) is 0 Å². The molecule has 9 heteroatoms. The van der Waals surface area contributed by atoms with Crippen molar-refractivity contribution in [3.8, 4) is 5.75 Å². The van der Waals surface area contributed by atoms with Crippen LogP contribution in [0.3, 0.4) is 0 Å². The fourth-order valence-corrected chi connectivity index (χ4v) is 3.28. The normalized spacial score (nSPS) is 10.7. The summed E-state index contributed by atoms with van der Waals surface area (Å²) in [6, 6.07) is 11.7. The molecular weight excluding hydrogens is 396 g/mol. The van der Waals surface area contributed by atoms with Gasteiger partial charge in [0.15, 0.2) is 6.61 Å². The number of hydrogen-bond acceptors (Lipinski definition) is 6. The lowest BCUT2D eigenvalue weighted by Gasteiger charge is -2.10. The van der Waals surface area contributed by atoms with Gasteiger partial charge in [-0.2, -0.15) is 0 Å². The number of ether oxygens (including phenoxy) is 2. The van der Waals surface area contributed by atoms with E-state index < -0.39 is 28.5 Å². The van der Waals surface area contributed by atoms with Gasteiger partial charge in [-0.05, 0) is 55.5 Å². The van der Waals surface area contributed by atoms with Gasteiger partial charge in [0.25, 0.3) is 15.9 Å². The van der Waals surface area contributed by atoms with Gasteiger partial charge in [0.05, 0.1) is 17.1 Å². The number of amides is 1. The molecule has 0 aliphatic heterocycles. The van der Waals surface area contributed by atoms with Gasteiger partial charge in [-0.15, -0.1) is 6.58 Å². The van der Waals surface area contributed by atoms with E-state index >= 15 is 0 Å². The number of sulfonamides is 1. The highest BCUT2D eigenvalue weighted by molar-refractivity contribution is 7.92. The molecule has 2 aromatic carbocycles. The molecule has 0 fully saturated rings. The summed E-state index contributed by atoms with van der Waals surface area (Å²) in [7, 11) is -3.79. The topological polar surface area (TPSA) is 111 Å². The van der Waals surface area contributed by atoms with E-state index in [0.717, 1.165) is 0 Å². The first-order chi connectivity index (χ1) is 13.9. The predicted octanol–water partition coefficient (Wildman–Crippen LogP) is 2.35. The maximum absolute atomic E-state index is 12.5. The zero-order valence-electron chi connectivity index (χ0n) is 15.9. The Morgan fingerprint density at radius 1 is 1.07 bits per heavy atom. The zero-order chi connectivity index (χ0) is 21.3. The van der Waals surface area contributed by atoms with Crippen molar-refractivity contribution < 1.29 is 27.5 Å². The maximum atomic E-state index is 12.5. The number of benzene rings is 2. The highest BCUT2D eigenvalue weighted by atomic mass is 32.2. The lowest BCUT2D eigenvalue weighted by Crippen LogP contribution is -2.28. The van der Waals surface area contributed by atoms with Crippen LogP contribution in [0, 0.1) is 0 Å². The number of rotatable bonds is 10. The number of esters is 1. The van der Waals surface area contributed by atoms with Crippen molar-refractivity contribution in [3.05, 3.63) is 66.7 Å². The summed E-state index contributed by atoms with van der Waals surface area (Å²) in [5.74, 6) is -0.565. The minimum Gasteiger partial charge on any atom is -0.494 e. The molecule has 2 aromatic rings. The molecule has 0 aliphatic carbocycles. The van der Waals surface area contributed by atoms with Crippen molar-refractivity contribution in [3.63, 3.8) is 0 Å². The van der Waals surface area contributed by atoms with Crippen LogP contribution >= 0.6 is 0 Å². The summed E-state index contributed by atoms with van der Waals surface area (Å²) < 4.78 is 37.5. The van der Waals surface area contributed by atoms with Crippen LogP contribution in [0.25, 0.3) is 0 Å². The van der Waals surface area contributed by atoms with Crippen LogP contribution in [-0.4, -0.2) is 40.1 Å². The highest BCUT2D eigenvalue weighted by Crippen LogP contribution is 2.20. The molecule has 0 heterocycles. The summed E-state index contributed by atoms with van der Waals surface area (Å²) in [6.45, 7) is 5.64. The molecule has 29 heavy (non-hydrogen) atoms. The molecule has 0 radical (unpaired) electrons. The largest absolute Gasteiger partial charge is 0.494 e. The molecule has 0 spiro atoms. The van der Waals surface area contributed by atoms with E-state index in [1.807, 2.05) is 6.92 Å². The summed E-state index contributed by atoms with van der Waals surface area (Å²) >= 11 is 0. The minimum atomic E-state index is -3.79. The van der Waals surface area contributed by atoms with Crippen molar-refractivity contribution in [2.24, 2.45) is 0 Å². The predicted molar refractivity (Wildman–Crippen MR) is 108 cm³/mol. The third kappa shape index (κ3) is 6.65. The minimum absolute atomic E-state index is 0.0787. The summed E-state index contributed by atoms with van der Waals surface area (Å²) in [4.78, 5) is 23.5. The lowest BCUT2D eigenvalue weighted by molar-refractivity contribution is -0.124. The smallest absolute Gasteiger partial charge is 0.338 e. The van der Waals surface area contributed by atoms with Gasteiger partial charge < -0.3 is 14.8 Å². The van der Waals surface area contributed by atoms with E-state index in [9.17, 15) is 18.0 Å². The average molecular weight is 418 g/mol. The molecule has 0 aliphatic rings. The van der Waals surface area contributed by atoms with Crippen LogP contribution in [0.4, 0.5) is 5.69 Å². The summed E-state index contributed by atoms with van der Waals surface area (Å²) in [5.41, 5.74) is 0.463. The maximum Gasteiger partial charge on any atom is 0.338 e. The van der Waals surface area contributed by atoms with E-state index in [1.54, 1.807) is 12.1 Å². The average Bonchev–Trinajstić information content (AvgIpc) is 2.71. The molecule has 0 saturated heterocycles. The van der Waals surface area contributed by atoms with Crippen molar-refractivity contribution in [1.29, 1.82) is 0 Å². The third-order valence-corrected chi connectivity index (χ3v) is 4.99. The molecule has 2 N–H and O–H groups in total. The SMILES string of the molecule is C=CCNC(=O)COC(=O)c1ccc(NS(=O)(=O)c2ccc(OCC)cc2)cc1. The highest BCUT2D eigenvalue weighted by Gasteiger charge is 2.15. The second-order valence-electron chi connectivity index (χ2n) is 5.76. The quantitative estimate of drug-likeness (QED) is 0.453. The Kier molecular flexibility index (Phi) is 7.79. The van der Waals surface area contributed by atoms with E-state index in [4.69, 9.17) is 9.47 Å². The molecule has 0 atom stereocenters. The Morgan fingerprint density at radius 3 is 2.31 bits per heavy atom. The van der Waals surface area contributed by atoms with Gasteiger partial charge in [-0.3, -0.25) is 9.52 Å². The van der Waals surface area contributed by atoms with Crippen molar-refractivity contribution in [2.75, 3.05) is 24.5 Å². The Bertz CT molecular complexity index is 953. The van der Waals surface area contributed by atoms with E-state index in [0.29, 0.717) is 12.4 Å². The van der Waals surface area contributed by atoms with Gasteiger partial charge in [-0.1, -0.05) is 6.08 Å². The zero-order valence-corrected chi connectivity index (χ0v) is 16.7. The Hall–Kier alpha value is -3.33. The number of anilines is 1. The molecule has 0 bridgehead atoms. The van der Waals surface area contributed by atoms with Crippen LogP contribution in [0.2, 0.25) is 0 Å². The van der Waals surface area contributed by atoms with Gasteiger partial charge in [0, 0.05) is 12.2 Å². The summed E-state index contributed by atoms with van der Waals surface area (Å²) in [6.07, 6.45) is 1.51. The second-order valence-corrected chi connectivity index (χ2v) is 7.44. The molecule has 2 rings (SSSR count). The molecule has 0 aromatic heterocycles. The van der Waals surface area contributed by atoms with Crippen LogP contribution < -0.4 is 14.8 Å². The fraction of sp³-hybridized carbons (Fsp3) is 0.200. The third-order valence-electron chi connectivity index (χ3n) is 3.60. The first kappa shape index (κ1) is 22.0. The van der Waals surface area contributed by atoms with Crippen molar-refractivity contribution in [2.45, 2.75) is 11.8 Å². The second kappa shape index (κ2) is 10.3. The van der Waals surface area contributed by atoms with Crippen LogP contribution in [0.15, 0.2) is 66.1 Å². The molecule has 1 amide bonds. The number of nitrogens with one attached hydrogen (secondary N) is 2. The van der Waals surface area contributed by atoms with Gasteiger partial charge in [-0.25, -0.2) is 13.2 Å². The van der Waals surface area contributed by atoms with E-state index in [-0.39, 0.29) is 22.7 Å².